The molecule has 3 rings (SSSR count). The van der Waals surface area contributed by atoms with E-state index in [0.29, 0.717) is 16.9 Å². The smallest absolute Gasteiger partial charge is 0.230 e. The molecule has 1 unspecified atom stereocenters. The Hall–Kier alpha value is -2.12. The average molecular weight is 459 g/mol. The third kappa shape index (κ3) is 5.69. The molecule has 0 saturated carbocycles. The summed E-state index contributed by atoms with van der Waals surface area (Å²) in [6.45, 7) is 4.32. The Morgan fingerprint density at radius 1 is 1.14 bits per heavy atom. The third-order valence-corrected chi connectivity index (χ3v) is 5.71. The number of aromatic amines is 1. The van der Waals surface area contributed by atoms with E-state index in [0.717, 1.165) is 22.0 Å². The first-order valence-electron chi connectivity index (χ1n) is 9.17. The maximum absolute atomic E-state index is 12.5. The number of halogens is 1. The predicted molar refractivity (Wildman–Crippen MR) is 117 cm³/mol. The first kappa shape index (κ1) is 20.6. The SMILES string of the molecule is CC(C)CC(NC(=O)CSc1n[nH]c(-c2ccccc2Br)n1)c1ccccc1. The van der Waals surface area contributed by atoms with Crippen molar-refractivity contribution in [3.8, 4) is 11.4 Å². The number of hydrogen-bond acceptors (Lipinski definition) is 4. The van der Waals surface area contributed by atoms with Crippen molar-refractivity contribution in [2.24, 2.45) is 5.92 Å². The molecule has 0 aliphatic heterocycles. The van der Waals surface area contributed by atoms with Crippen LogP contribution in [0.1, 0.15) is 31.9 Å². The molecular formula is C21H23BrN4OS. The van der Waals surface area contributed by atoms with Crippen molar-refractivity contribution in [3.05, 3.63) is 64.6 Å². The zero-order chi connectivity index (χ0) is 19.9. The van der Waals surface area contributed by atoms with E-state index < -0.39 is 0 Å². The highest BCUT2D eigenvalue weighted by Gasteiger charge is 2.17. The molecule has 1 heterocycles. The van der Waals surface area contributed by atoms with Gasteiger partial charge in [0.2, 0.25) is 11.1 Å². The zero-order valence-corrected chi connectivity index (χ0v) is 18.3. The number of benzene rings is 2. The maximum atomic E-state index is 12.5. The monoisotopic (exact) mass is 458 g/mol. The first-order valence-corrected chi connectivity index (χ1v) is 10.9. The molecule has 146 valence electrons. The Bertz CT molecular complexity index is 914. The number of amides is 1. The van der Waals surface area contributed by atoms with Gasteiger partial charge in [-0.05, 0) is 24.0 Å². The summed E-state index contributed by atoms with van der Waals surface area (Å²) in [6.07, 6.45) is 0.896. The third-order valence-electron chi connectivity index (χ3n) is 4.17. The fourth-order valence-corrected chi connectivity index (χ4v) is 3.97. The molecule has 5 nitrogen and oxygen atoms in total. The summed E-state index contributed by atoms with van der Waals surface area (Å²) in [7, 11) is 0. The summed E-state index contributed by atoms with van der Waals surface area (Å²) in [4.78, 5) is 17.0. The molecule has 2 aromatic carbocycles. The number of nitrogens with one attached hydrogen (secondary N) is 2. The average Bonchev–Trinajstić information content (AvgIpc) is 3.15. The fraction of sp³-hybridized carbons (Fsp3) is 0.286. The minimum atomic E-state index is -0.0215. The molecule has 28 heavy (non-hydrogen) atoms. The van der Waals surface area contributed by atoms with Crippen molar-refractivity contribution in [2.45, 2.75) is 31.5 Å². The van der Waals surface area contributed by atoms with Crippen molar-refractivity contribution in [1.82, 2.24) is 20.5 Å². The summed E-state index contributed by atoms with van der Waals surface area (Å²) < 4.78 is 0.944. The molecule has 0 fully saturated rings. The standard InChI is InChI=1S/C21H23BrN4OS/c1-14(2)12-18(15-8-4-3-5-9-15)23-19(27)13-28-21-24-20(25-26-21)16-10-6-7-11-17(16)22/h3-11,14,18H,12-13H2,1-2H3,(H,23,27)(H,24,25,26). The van der Waals surface area contributed by atoms with Gasteiger partial charge in [0.25, 0.3) is 0 Å². The lowest BCUT2D eigenvalue weighted by Gasteiger charge is -2.21. The van der Waals surface area contributed by atoms with Crippen LogP contribution < -0.4 is 5.32 Å². The van der Waals surface area contributed by atoms with Crippen LogP contribution in [0.3, 0.4) is 0 Å². The first-order chi connectivity index (χ1) is 13.5. The number of carbonyl (C=O) groups excluding carboxylic acids is 1. The van der Waals surface area contributed by atoms with Crippen LogP contribution in [0.25, 0.3) is 11.4 Å². The lowest BCUT2D eigenvalue weighted by Crippen LogP contribution is -2.30. The zero-order valence-electron chi connectivity index (χ0n) is 15.9. The molecular weight excluding hydrogens is 436 g/mol. The van der Waals surface area contributed by atoms with Crippen LogP contribution in [0.2, 0.25) is 0 Å². The van der Waals surface area contributed by atoms with E-state index >= 15 is 0 Å². The summed E-state index contributed by atoms with van der Waals surface area (Å²) in [5, 5.41) is 10.9. The molecule has 2 N–H and O–H groups in total. The number of carbonyl (C=O) groups is 1. The van der Waals surface area contributed by atoms with Gasteiger partial charge in [-0.3, -0.25) is 9.89 Å². The molecule has 0 spiro atoms. The highest BCUT2D eigenvalue weighted by Crippen LogP contribution is 2.26. The molecule has 1 atom stereocenters. The van der Waals surface area contributed by atoms with E-state index in [1.165, 1.54) is 11.8 Å². The van der Waals surface area contributed by atoms with Crippen molar-refractivity contribution in [1.29, 1.82) is 0 Å². The molecule has 0 bridgehead atoms. The van der Waals surface area contributed by atoms with Crippen molar-refractivity contribution < 1.29 is 4.79 Å². The lowest BCUT2D eigenvalue weighted by atomic mass is 9.97. The van der Waals surface area contributed by atoms with Crippen LogP contribution in [-0.4, -0.2) is 26.8 Å². The number of aromatic nitrogens is 3. The van der Waals surface area contributed by atoms with Gasteiger partial charge in [-0.15, -0.1) is 5.10 Å². The molecule has 0 aliphatic carbocycles. The van der Waals surface area contributed by atoms with Crippen LogP contribution in [0.5, 0.6) is 0 Å². The Morgan fingerprint density at radius 3 is 2.57 bits per heavy atom. The second-order valence-corrected chi connectivity index (χ2v) is 8.69. The number of rotatable bonds is 8. The number of hydrogen-bond donors (Lipinski definition) is 2. The van der Waals surface area contributed by atoms with Gasteiger partial charge in [-0.25, -0.2) is 4.98 Å². The van der Waals surface area contributed by atoms with E-state index in [1.807, 2.05) is 42.5 Å². The Labute approximate surface area is 177 Å². The molecule has 1 aromatic heterocycles. The largest absolute Gasteiger partial charge is 0.349 e. The van der Waals surface area contributed by atoms with Crippen molar-refractivity contribution in [2.75, 3.05) is 5.75 Å². The predicted octanol–water partition coefficient (Wildman–Crippen LogP) is 5.23. The summed E-state index contributed by atoms with van der Waals surface area (Å²) in [5.74, 6) is 1.41. The molecule has 3 aromatic rings. The Balaban J connectivity index is 1.60. The van der Waals surface area contributed by atoms with Gasteiger partial charge in [0, 0.05) is 10.0 Å². The highest BCUT2D eigenvalue weighted by atomic mass is 79.9. The van der Waals surface area contributed by atoms with Gasteiger partial charge in [0.15, 0.2) is 5.82 Å². The van der Waals surface area contributed by atoms with E-state index in [2.05, 4.69) is 62.4 Å². The van der Waals surface area contributed by atoms with E-state index in [1.54, 1.807) is 0 Å². The van der Waals surface area contributed by atoms with Gasteiger partial charge >= 0.3 is 0 Å². The minimum Gasteiger partial charge on any atom is -0.349 e. The van der Waals surface area contributed by atoms with Crippen LogP contribution in [-0.2, 0) is 4.79 Å². The maximum Gasteiger partial charge on any atom is 0.230 e. The topological polar surface area (TPSA) is 70.7 Å². The normalized spacial score (nSPS) is 12.1. The number of H-pyrrole nitrogens is 1. The van der Waals surface area contributed by atoms with E-state index in [9.17, 15) is 4.79 Å². The Kier molecular flexibility index (Phi) is 7.28. The minimum absolute atomic E-state index is 0.0114. The summed E-state index contributed by atoms with van der Waals surface area (Å²) in [6, 6.07) is 17.9. The number of thioether (sulfide) groups is 1. The highest BCUT2D eigenvalue weighted by molar-refractivity contribution is 9.10. The molecule has 0 saturated heterocycles. The number of nitrogens with zero attached hydrogens (tertiary/aromatic N) is 2. The van der Waals surface area contributed by atoms with E-state index in [-0.39, 0.29) is 17.7 Å². The van der Waals surface area contributed by atoms with E-state index in [4.69, 9.17) is 0 Å². The Morgan fingerprint density at radius 2 is 1.86 bits per heavy atom. The quantitative estimate of drug-likeness (QED) is 0.453. The second kappa shape index (κ2) is 9.89. The van der Waals surface area contributed by atoms with Gasteiger partial charge in [0.05, 0.1) is 11.8 Å². The van der Waals surface area contributed by atoms with Gasteiger partial charge in [0.1, 0.15) is 0 Å². The lowest BCUT2D eigenvalue weighted by molar-refractivity contribution is -0.119. The van der Waals surface area contributed by atoms with Crippen LogP contribution >= 0.6 is 27.7 Å². The molecule has 7 heteroatoms. The van der Waals surface area contributed by atoms with Gasteiger partial charge in [-0.1, -0.05) is 90.1 Å². The van der Waals surface area contributed by atoms with Gasteiger partial charge < -0.3 is 5.32 Å². The summed E-state index contributed by atoms with van der Waals surface area (Å²) in [5.41, 5.74) is 2.07. The van der Waals surface area contributed by atoms with Crippen LogP contribution in [0.15, 0.2) is 64.2 Å². The second-order valence-electron chi connectivity index (χ2n) is 6.90. The molecule has 0 radical (unpaired) electrons. The van der Waals surface area contributed by atoms with Crippen LogP contribution in [0.4, 0.5) is 0 Å². The van der Waals surface area contributed by atoms with Gasteiger partial charge in [-0.2, -0.15) is 0 Å². The molecule has 1 amide bonds. The van der Waals surface area contributed by atoms with Crippen molar-refractivity contribution in [3.63, 3.8) is 0 Å². The van der Waals surface area contributed by atoms with Crippen molar-refractivity contribution >= 4 is 33.6 Å². The summed E-state index contributed by atoms with van der Waals surface area (Å²) >= 11 is 4.84. The fourth-order valence-electron chi connectivity index (χ4n) is 2.89. The molecule has 0 aliphatic rings. The van der Waals surface area contributed by atoms with Crippen LogP contribution in [0, 0.1) is 5.92 Å².